The van der Waals surface area contributed by atoms with Gasteiger partial charge in [-0.1, -0.05) is 0 Å². The topological polar surface area (TPSA) is 69.6 Å². The Morgan fingerprint density at radius 1 is 1.55 bits per heavy atom. The zero-order valence-corrected chi connectivity index (χ0v) is 12.2. The van der Waals surface area contributed by atoms with E-state index < -0.39 is 5.97 Å². The summed E-state index contributed by atoms with van der Waals surface area (Å²) >= 11 is 1.57. The van der Waals surface area contributed by atoms with Crippen LogP contribution in [0.25, 0.3) is 6.08 Å². The minimum atomic E-state index is -0.952. The van der Waals surface area contributed by atoms with Crippen LogP contribution in [0.15, 0.2) is 17.5 Å². The molecule has 1 amide bonds. The van der Waals surface area contributed by atoms with Crippen molar-refractivity contribution in [3.05, 3.63) is 28.0 Å². The number of amides is 1. The molecule has 1 aromatic rings. The zero-order chi connectivity index (χ0) is 14.5. The molecule has 6 heteroatoms. The standard InChI is InChI=1S/C14H18N2O3S/c1-16(8-13(17)15-11-3-4-11)7-12-6-10(9-20-12)2-5-14(18)19/h2,5-6,9,11H,3-4,7-8H2,1H3,(H,15,17)(H,18,19). The van der Waals surface area contributed by atoms with Gasteiger partial charge in [0.2, 0.25) is 5.91 Å². The van der Waals surface area contributed by atoms with Crippen molar-refractivity contribution < 1.29 is 14.7 Å². The van der Waals surface area contributed by atoms with Crippen molar-refractivity contribution in [2.45, 2.75) is 25.4 Å². The lowest BCUT2D eigenvalue weighted by atomic mass is 10.3. The van der Waals surface area contributed by atoms with E-state index in [2.05, 4.69) is 5.32 Å². The van der Waals surface area contributed by atoms with Crippen LogP contribution in [0.3, 0.4) is 0 Å². The van der Waals surface area contributed by atoms with Crippen molar-refractivity contribution in [2.24, 2.45) is 0 Å². The van der Waals surface area contributed by atoms with Gasteiger partial charge in [-0.3, -0.25) is 9.69 Å². The first-order valence-electron chi connectivity index (χ1n) is 6.49. The van der Waals surface area contributed by atoms with Gasteiger partial charge in [0.25, 0.3) is 0 Å². The predicted molar refractivity (Wildman–Crippen MR) is 78.5 cm³/mol. The van der Waals surface area contributed by atoms with Crippen molar-refractivity contribution in [3.8, 4) is 0 Å². The molecular formula is C14H18N2O3S. The molecule has 0 aromatic carbocycles. The Labute approximate surface area is 121 Å². The van der Waals surface area contributed by atoms with Crippen LogP contribution in [0, 0.1) is 0 Å². The van der Waals surface area contributed by atoms with Crippen LogP contribution in [0.1, 0.15) is 23.3 Å². The molecule has 1 aromatic heterocycles. The number of likely N-dealkylation sites (N-methyl/N-ethyl adjacent to an activating group) is 1. The van der Waals surface area contributed by atoms with E-state index >= 15 is 0 Å². The Kier molecular flexibility index (Phi) is 4.92. The number of nitrogens with one attached hydrogen (secondary N) is 1. The van der Waals surface area contributed by atoms with Crippen molar-refractivity contribution in [3.63, 3.8) is 0 Å². The second kappa shape index (κ2) is 6.67. The molecule has 1 heterocycles. The third-order valence-corrected chi connectivity index (χ3v) is 3.81. The van der Waals surface area contributed by atoms with E-state index in [1.54, 1.807) is 17.4 Å². The summed E-state index contributed by atoms with van der Waals surface area (Å²) in [4.78, 5) is 25.1. The molecule has 2 rings (SSSR count). The SMILES string of the molecule is CN(CC(=O)NC1CC1)Cc1cc(C=CC(=O)O)cs1. The summed E-state index contributed by atoms with van der Waals surface area (Å²) in [5, 5.41) is 13.4. The normalized spacial score (nSPS) is 14.9. The molecule has 1 saturated carbocycles. The molecule has 0 saturated heterocycles. The summed E-state index contributed by atoms with van der Waals surface area (Å²) in [5.74, 6) is -0.885. The molecule has 0 radical (unpaired) electrons. The number of thiophene rings is 1. The molecule has 2 N–H and O–H groups in total. The fraction of sp³-hybridized carbons (Fsp3) is 0.429. The number of carboxylic acid groups (broad SMARTS) is 1. The first-order chi connectivity index (χ1) is 9.52. The summed E-state index contributed by atoms with van der Waals surface area (Å²) in [7, 11) is 1.90. The summed E-state index contributed by atoms with van der Waals surface area (Å²) in [5.41, 5.74) is 0.878. The number of nitrogens with zero attached hydrogens (tertiary/aromatic N) is 1. The summed E-state index contributed by atoms with van der Waals surface area (Å²) < 4.78 is 0. The molecule has 0 spiro atoms. The van der Waals surface area contributed by atoms with Crippen LogP contribution in [-0.4, -0.2) is 41.5 Å². The van der Waals surface area contributed by atoms with Crippen LogP contribution in [-0.2, 0) is 16.1 Å². The number of carbonyl (C=O) groups excluding carboxylic acids is 1. The fourth-order valence-corrected chi connectivity index (χ4v) is 2.74. The van der Waals surface area contributed by atoms with E-state index in [4.69, 9.17) is 5.11 Å². The highest BCUT2D eigenvalue weighted by Crippen LogP contribution is 2.19. The Morgan fingerprint density at radius 3 is 2.95 bits per heavy atom. The Morgan fingerprint density at radius 2 is 2.30 bits per heavy atom. The fourth-order valence-electron chi connectivity index (χ4n) is 1.80. The minimum Gasteiger partial charge on any atom is -0.478 e. The summed E-state index contributed by atoms with van der Waals surface area (Å²) in [6.45, 7) is 1.07. The number of hydrogen-bond donors (Lipinski definition) is 2. The van der Waals surface area contributed by atoms with Crippen molar-refractivity contribution in [1.82, 2.24) is 10.2 Å². The number of rotatable bonds is 7. The highest BCUT2D eigenvalue weighted by molar-refractivity contribution is 7.10. The lowest BCUT2D eigenvalue weighted by Gasteiger charge is -2.14. The van der Waals surface area contributed by atoms with Gasteiger partial charge in [-0.2, -0.15) is 0 Å². The highest BCUT2D eigenvalue weighted by Gasteiger charge is 2.23. The van der Waals surface area contributed by atoms with E-state index in [1.807, 2.05) is 23.4 Å². The first-order valence-corrected chi connectivity index (χ1v) is 7.37. The van der Waals surface area contributed by atoms with Crippen LogP contribution >= 0.6 is 11.3 Å². The average molecular weight is 294 g/mol. The number of carbonyl (C=O) groups is 2. The van der Waals surface area contributed by atoms with Gasteiger partial charge in [0, 0.05) is 23.5 Å². The second-order valence-electron chi connectivity index (χ2n) is 5.03. The lowest BCUT2D eigenvalue weighted by molar-refractivity contribution is -0.131. The van der Waals surface area contributed by atoms with Gasteiger partial charge < -0.3 is 10.4 Å². The molecule has 0 bridgehead atoms. The van der Waals surface area contributed by atoms with Crippen LogP contribution < -0.4 is 5.32 Å². The lowest BCUT2D eigenvalue weighted by Crippen LogP contribution is -2.35. The van der Waals surface area contributed by atoms with Crippen LogP contribution in [0.5, 0.6) is 0 Å². The third kappa shape index (κ3) is 5.14. The van der Waals surface area contributed by atoms with Crippen molar-refractivity contribution in [1.29, 1.82) is 0 Å². The molecule has 0 unspecified atom stereocenters. The zero-order valence-electron chi connectivity index (χ0n) is 11.3. The molecule has 1 fully saturated rings. The molecule has 108 valence electrons. The van der Waals surface area contributed by atoms with Gasteiger partial charge in [-0.25, -0.2) is 4.79 Å². The highest BCUT2D eigenvalue weighted by atomic mass is 32.1. The van der Waals surface area contributed by atoms with Gasteiger partial charge in [0.05, 0.1) is 6.54 Å². The number of hydrogen-bond acceptors (Lipinski definition) is 4. The van der Waals surface area contributed by atoms with E-state index in [1.165, 1.54) is 0 Å². The summed E-state index contributed by atoms with van der Waals surface area (Å²) in [6.07, 6.45) is 4.89. The third-order valence-electron chi connectivity index (χ3n) is 2.87. The number of carboxylic acids is 1. The van der Waals surface area contributed by atoms with Crippen molar-refractivity contribution >= 4 is 29.3 Å². The number of aliphatic carboxylic acids is 1. The van der Waals surface area contributed by atoms with Gasteiger partial charge in [0.1, 0.15) is 0 Å². The van der Waals surface area contributed by atoms with E-state index in [0.29, 0.717) is 19.1 Å². The van der Waals surface area contributed by atoms with E-state index in [9.17, 15) is 9.59 Å². The van der Waals surface area contributed by atoms with Gasteiger partial charge in [-0.15, -0.1) is 11.3 Å². The Balaban J connectivity index is 1.79. The second-order valence-corrected chi connectivity index (χ2v) is 6.03. The first kappa shape index (κ1) is 14.7. The molecule has 0 atom stereocenters. The maximum atomic E-state index is 11.7. The Bertz CT molecular complexity index is 520. The van der Waals surface area contributed by atoms with Crippen LogP contribution in [0.2, 0.25) is 0 Å². The summed E-state index contributed by atoms with van der Waals surface area (Å²) in [6, 6.07) is 2.34. The molecule has 1 aliphatic rings. The predicted octanol–water partition coefficient (Wildman–Crippen LogP) is 1.56. The minimum absolute atomic E-state index is 0.0672. The van der Waals surface area contributed by atoms with Crippen molar-refractivity contribution in [2.75, 3.05) is 13.6 Å². The molecule has 0 aliphatic heterocycles. The molecule has 1 aliphatic carbocycles. The largest absolute Gasteiger partial charge is 0.478 e. The molecule has 5 nitrogen and oxygen atoms in total. The molecular weight excluding hydrogens is 276 g/mol. The monoisotopic (exact) mass is 294 g/mol. The van der Waals surface area contributed by atoms with E-state index in [-0.39, 0.29) is 5.91 Å². The smallest absolute Gasteiger partial charge is 0.328 e. The molecule has 20 heavy (non-hydrogen) atoms. The van der Waals surface area contributed by atoms with Gasteiger partial charge in [-0.05, 0) is 43.0 Å². The average Bonchev–Trinajstić information content (AvgIpc) is 3.04. The van der Waals surface area contributed by atoms with Gasteiger partial charge in [0.15, 0.2) is 0 Å². The van der Waals surface area contributed by atoms with Crippen LogP contribution in [0.4, 0.5) is 0 Å². The van der Waals surface area contributed by atoms with Gasteiger partial charge >= 0.3 is 5.97 Å². The van der Waals surface area contributed by atoms with E-state index in [0.717, 1.165) is 29.4 Å². The Hall–Kier alpha value is -1.66. The quantitative estimate of drug-likeness (QED) is 0.749. The maximum Gasteiger partial charge on any atom is 0.328 e. The maximum absolute atomic E-state index is 11.7.